The smallest absolute Gasteiger partial charge is 0.338 e. The van der Waals surface area contributed by atoms with Crippen LogP contribution in [-0.2, 0) is 20.7 Å². The van der Waals surface area contributed by atoms with E-state index in [1.165, 1.54) is 4.90 Å². The van der Waals surface area contributed by atoms with Crippen LogP contribution in [0.25, 0.3) is 0 Å². The summed E-state index contributed by atoms with van der Waals surface area (Å²) in [6.45, 7) is 0.143. The SMILES string of the molecule is O=C(CN1C(=O)N[C@H](c2ccc(Cl)cc2)C2=C1COC2=O)NCCc1ccc(Cl)cc1. The van der Waals surface area contributed by atoms with Crippen molar-refractivity contribution in [3.8, 4) is 0 Å². The van der Waals surface area contributed by atoms with Crippen LogP contribution in [0.4, 0.5) is 4.79 Å². The zero-order valence-corrected chi connectivity index (χ0v) is 17.9. The summed E-state index contributed by atoms with van der Waals surface area (Å²) in [7, 11) is 0. The summed E-state index contributed by atoms with van der Waals surface area (Å²) in [5.41, 5.74) is 2.47. The molecular formula is C22H19Cl2N3O4. The van der Waals surface area contributed by atoms with E-state index in [0.717, 1.165) is 5.56 Å². The summed E-state index contributed by atoms with van der Waals surface area (Å²) in [5.74, 6) is -0.844. The number of rotatable bonds is 6. The summed E-state index contributed by atoms with van der Waals surface area (Å²) < 4.78 is 5.17. The number of carbonyl (C=O) groups excluding carboxylic acids is 3. The molecule has 0 radical (unpaired) electrons. The molecular weight excluding hydrogens is 441 g/mol. The molecule has 7 nitrogen and oxygen atoms in total. The fraction of sp³-hybridized carbons (Fsp3) is 0.227. The lowest BCUT2D eigenvalue weighted by Gasteiger charge is -2.32. The first kappa shape index (κ1) is 21.2. The van der Waals surface area contributed by atoms with Crippen molar-refractivity contribution in [3.63, 3.8) is 0 Å². The second-order valence-corrected chi connectivity index (χ2v) is 8.06. The molecule has 2 N–H and O–H groups in total. The molecule has 1 atom stereocenters. The molecule has 4 rings (SSSR count). The van der Waals surface area contributed by atoms with E-state index in [9.17, 15) is 14.4 Å². The van der Waals surface area contributed by atoms with Gasteiger partial charge in [-0.3, -0.25) is 9.69 Å². The van der Waals surface area contributed by atoms with Crippen molar-refractivity contribution in [2.45, 2.75) is 12.5 Å². The van der Waals surface area contributed by atoms with E-state index in [0.29, 0.717) is 39.8 Å². The third-order valence-corrected chi connectivity index (χ3v) is 5.66. The molecule has 0 aliphatic carbocycles. The minimum Gasteiger partial charge on any atom is -0.456 e. The molecule has 2 aromatic carbocycles. The van der Waals surface area contributed by atoms with Crippen LogP contribution in [-0.4, -0.2) is 42.5 Å². The number of amides is 3. The number of carbonyl (C=O) groups is 3. The molecule has 0 saturated heterocycles. The van der Waals surface area contributed by atoms with Crippen LogP contribution >= 0.6 is 23.2 Å². The first-order valence-electron chi connectivity index (χ1n) is 9.67. The van der Waals surface area contributed by atoms with Crippen LogP contribution in [0.15, 0.2) is 59.8 Å². The Morgan fingerprint density at radius 1 is 1.06 bits per heavy atom. The van der Waals surface area contributed by atoms with E-state index in [-0.39, 0.29) is 19.1 Å². The molecule has 2 aromatic rings. The molecule has 0 fully saturated rings. The molecule has 2 heterocycles. The lowest BCUT2D eigenvalue weighted by Crippen LogP contribution is -2.50. The fourth-order valence-corrected chi connectivity index (χ4v) is 3.83. The molecule has 0 aromatic heterocycles. The van der Waals surface area contributed by atoms with Gasteiger partial charge in [0.2, 0.25) is 5.91 Å². The summed E-state index contributed by atoms with van der Waals surface area (Å²) in [6, 6.07) is 13.1. The van der Waals surface area contributed by atoms with Gasteiger partial charge in [-0.15, -0.1) is 0 Å². The lowest BCUT2D eigenvalue weighted by molar-refractivity contribution is -0.136. The Bertz CT molecular complexity index is 1050. The predicted molar refractivity (Wildman–Crippen MR) is 116 cm³/mol. The van der Waals surface area contributed by atoms with Gasteiger partial charge >= 0.3 is 12.0 Å². The molecule has 31 heavy (non-hydrogen) atoms. The van der Waals surface area contributed by atoms with Gasteiger partial charge < -0.3 is 15.4 Å². The average molecular weight is 460 g/mol. The summed E-state index contributed by atoms with van der Waals surface area (Å²) in [4.78, 5) is 38.8. The lowest BCUT2D eigenvalue weighted by atomic mass is 9.96. The van der Waals surface area contributed by atoms with Gasteiger partial charge in [0.05, 0.1) is 17.3 Å². The predicted octanol–water partition coefficient (Wildman–Crippen LogP) is 3.23. The van der Waals surface area contributed by atoms with Gasteiger partial charge in [0.15, 0.2) is 0 Å². The molecule has 0 unspecified atom stereocenters. The van der Waals surface area contributed by atoms with Gasteiger partial charge in [0, 0.05) is 16.6 Å². The first-order chi connectivity index (χ1) is 14.9. The van der Waals surface area contributed by atoms with E-state index < -0.39 is 18.0 Å². The maximum absolute atomic E-state index is 12.8. The zero-order valence-electron chi connectivity index (χ0n) is 16.4. The number of halogens is 2. The number of hydrogen-bond acceptors (Lipinski definition) is 4. The number of nitrogens with one attached hydrogen (secondary N) is 2. The van der Waals surface area contributed by atoms with Gasteiger partial charge in [-0.25, -0.2) is 9.59 Å². The molecule has 9 heteroatoms. The highest BCUT2D eigenvalue weighted by Gasteiger charge is 2.42. The van der Waals surface area contributed by atoms with Crippen molar-refractivity contribution in [2.24, 2.45) is 0 Å². The highest BCUT2D eigenvalue weighted by atomic mass is 35.5. The minimum absolute atomic E-state index is 0.0519. The summed E-state index contributed by atoms with van der Waals surface area (Å²) in [5, 5.41) is 6.78. The van der Waals surface area contributed by atoms with Gasteiger partial charge in [-0.2, -0.15) is 0 Å². The monoisotopic (exact) mass is 459 g/mol. The molecule has 2 aliphatic heterocycles. The van der Waals surface area contributed by atoms with E-state index in [1.807, 2.05) is 12.1 Å². The largest absolute Gasteiger partial charge is 0.456 e. The van der Waals surface area contributed by atoms with E-state index in [4.69, 9.17) is 27.9 Å². The van der Waals surface area contributed by atoms with Crippen LogP contribution in [0.2, 0.25) is 10.0 Å². The fourth-order valence-electron chi connectivity index (χ4n) is 3.58. The number of ether oxygens (including phenoxy) is 1. The molecule has 3 amide bonds. The van der Waals surface area contributed by atoms with E-state index in [2.05, 4.69) is 10.6 Å². The molecule has 0 saturated carbocycles. The van der Waals surface area contributed by atoms with Crippen LogP contribution in [0.1, 0.15) is 17.2 Å². The Hall–Kier alpha value is -3.03. The Balaban J connectivity index is 1.44. The Morgan fingerprint density at radius 2 is 1.71 bits per heavy atom. The molecule has 0 spiro atoms. The van der Waals surface area contributed by atoms with Gasteiger partial charge in [-0.1, -0.05) is 47.5 Å². The Morgan fingerprint density at radius 3 is 2.39 bits per heavy atom. The topological polar surface area (TPSA) is 87.7 Å². The summed E-state index contributed by atoms with van der Waals surface area (Å²) in [6.07, 6.45) is 0.628. The van der Waals surface area contributed by atoms with Crippen LogP contribution < -0.4 is 10.6 Å². The molecule has 2 aliphatic rings. The van der Waals surface area contributed by atoms with Gasteiger partial charge in [-0.05, 0) is 41.8 Å². The maximum Gasteiger partial charge on any atom is 0.338 e. The molecule has 160 valence electrons. The second kappa shape index (κ2) is 8.99. The minimum atomic E-state index is -0.654. The standard InChI is InChI=1S/C22H19Cl2N3O4/c23-15-5-1-13(2-6-15)9-10-25-18(28)11-27-17-12-31-21(29)19(17)20(26-22(27)30)14-3-7-16(24)8-4-14/h1-8,20H,9-12H2,(H,25,28)(H,26,30)/t20-/m1/s1. The highest BCUT2D eigenvalue weighted by Crippen LogP contribution is 2.35. The zero-order chi connectivity index (χ0) is 22.0. The number of urea groups is 1. The number of cyclic esters (lactones) is 1. The number of nitrogens with zero attached hydrogens (tertiary/aromatic N) is 1. The summed E-state index contributed by atoms with van der Waals surface area (Å²) >= 11 is 11.8. The first-order valence-corrected chi connectivity index (χ1v) is 10.4. The quantitative estimate of drug-likeness (QED) is 0.649. The van der Waals surface area contributed by atoms with E-state index in [1.54, 1.807) is 36.4 Å². The number of esters is 1. The Labute approximate surface area is 189 Å². The van der Waals surface area contributed by atoms with Crippen LogP contribution in [0.3, 0.4) is 0 Å². The molecule has 0 bridgehead atoms. The van der Waals surface area contributed by atoms with E-state index >= 15 is 0 Å². The third kappa shape index (κ3) is 4.68. The average Bonchev–Trinajstić information content (AvgIpc) is 3.13. The van der Waals surface area contributed by atoms with Crippen LogP contribution in [0.5, 0.6) is 0 Å². The number of benzene rings is 2. The van der Waals surface area contributed by atoms with Crippen molar-refractivity contribution in [1.82, 2.24) is 15.5 Å². The van der Waals surface area contributed by atoms with Crippen LogP contribution in [0, 0.1) is 0 Å². The van der Waals surface area contributed by atoms with Crippen molar-refractivity contribution >= 4 is 41.1 Å². The van der Waals surface area contributed by atoms with Gasteiger partial charge in [0.1, 0.15) is 13.2 Å². The highest BCUT2D eigenvalue weighted by molar-refractivity contribution is 6.30. The maximum atomic E-state index is 12.8. The normalized spacial score (nSPS) is 17.9. The van der Waals surface area contributed by atoms with Crippen molar-refractivity contribution in [2.75, 3.05) is 19.7 Å². The second-order valence-electron chi connectivity index (χ2n) is 7.18. The van der Waals surface area contributed by atoms with Gasteiger partial charge in [0.25, 0.3) is 0 Å². The number of hydrogen-bond donors (Lipinski definition) is 2. The Kier molecular flexibility index (Phi) is 6.15. The third-order valence-electron chi connectivity index (χ3n) is 5.15. The van der Waals surface area contributed by atoms with Crippen molar-refractivity contribution in [1.29, 1.82) is 0 Å². The van der Waals surface area contributed by atoms with Crippen molar-refractivity contribution in [3.05, 3.63) is 81.0 Å². The van der Waals surface area contributed by atoms with Crippen molar-refractivity contribution < 1.29 is 19.1 Å².